The van der Waals surface area contributed by atoms with E-state index in [-0.39, 0.29) is 0 Å². The molecule has 0 radical (unpaired) electrons. The van der Waals surface area contributed by atoms with E-state index in [1.54, 1.807) is 0 Å². The van der Waals surface area contributed by atoms with Gasteiger partial charge >= 0.3 is 0 Å². The van der Waals surface area contributed by atoms with Crippen LogP contribution >= 0.6 is 0 Å². The molecule has 0 saturated carbocycles. The van der Waals surface area contributed by atoms with Crippen molar-refractivity contribution >= 4 is 0 Å². The Kier molecular flexibility index (Phi) is 2.82. The molecule has 0 aliphatic rings. The number of hydrogen-bond donors (Lipinski definition) is 0. The van der Waals surface area contributed by atoms with Gasteiger partial charge in [-0.05, 0) is 30.5 Å². The van der Waals surface area contributed by atoms with Gasteiger partial charge in [-0.3, -0.25) is 4.98 Å². The molecule has 1 aromatic heterocycles. The summed E-state index contributed by atoms with van der Waals surface area (Å²) < 4.78 is 0. The zero-order valence-corrected chi connectivity index (χ0v) is 9.20. The van der Waals surface area contributed by atoms with Crippen molar-refractivity contribution in [2.45, 2.75) is 20.3 Å². The van der Waals surface area contributed by atoms with Crippen LogP contribution in [0.15, 0.2) is 42.6 Å². The van der Waals surface area contributed by atoms with E-state index in [0.29, 0.717) is 0 Å². The lowest BCUT2D eigenvalue weighted by atomic mass is 9.97. The summed E-state index contributed by atoms with van der Waals surface area (Å²) in [6.07, 6.45) is 2.90. The summed E-state index contributed by atoms with van der Waals surface area (Å²) in [5.74, 6) is 0. The fourth-order valence-electron chi connectivity index (χ4n) is 1.86. The van der Waals surface area contributed by atoms with Crippen LogP contribution in [0.4, 0.5) is 0 Å². The second-order valence-electron chi connectivity index (χ2n) is 3.65. The summed E-state index contributed by atoms with van der Waals surface area (Å²) in [6.45, 7) is 4.24. The predicted molar refractivity (Wildman–Crippen MR) is 63.8 cm³/mol. The van der Waals surface area contributed by atoms with Gasteiger partial charge in [-0.25, -0.2) is 0 Å². The maximum absolute atomic E-state index is 4.33. The van der Waals surface area contributed by atoms with Crippen molar-refractivity contribution in [1.82, 2.24) is 4.98 Å². The summed E-state index contributed by atoms with van der Waals surface area (Å²) in [6, 6.07) is 12.7. The monoisotopic (exact) mass is 197 g/mol. The van der Waals surface area contributed by atoms with Crippen LogP contribution in [-0.4, -0.2) is 4.98 Å². The number of nitrogens with zero attached hydrogens (tertiary/aromatic N) is 1. The van der Waals surface area contributed by atoms with E-state index in [1.807, 2.05) is 12.3 Å². The van der Waals surface area contributed by atoms with E-state index in [2.05, 4.69) is 49.2 Å². The third-order valence-electron chi connectivity index (χ3n) is 2.70. The third kappa shape index (κ3) is 1.91. The van der Waals surface area contributed by atoms with Gasteiger partial charge in [0.25, 0.3) is 0 Å². The van der Waals surface area contributed by atoms with E-state index < -0.39 is 0 Å². The first-order valence-corrected chi connectivity index (χ1v) is 5.33. The molecule has 0 unspecified atom stereocenters. The number of rotatable bonds is 2. The standard InChI is InChI=1S/C14H15N/c1-3-12-7-4-5-8-14(12)13-9-6-10-15-11(13)2/h4-10H,3H2,1-2H3. The molecule has 0 aliphatic heterocycles. The first-order chi connectivity index (χ1) is 7.33. The molecule has 0 saturated heterocycles. The highest BCUT2D eigenvalue weighted by molar-refractivity contribution is 5.69. The van der Waals surface area contributed by atoms with Crippen LogP contribution in [0.1, 0.15) is 18.2 Å². The van der Waals surface area contributed by atoms with Crippen LogP contribution in [-0.2, 0) is 6.42 Å². The Labute approximate surface area is 90.8 Å². The number of hydrogen-bond acceptors (Lipinski definition) is 1. The summed E-state index contributed by atoms with van der Waals surface area (Å²) in [5, 5.41) is 0. The molecule has 76 valence electrons. The van der Waals surface area contributed by atoms with Crippen molar-refractivity contribution in [3.8, 4) is 11.1 Å². The van der Waals surface area contributed by atoms with Crippen molar-refractivity contribution < 1.29 is 0 Å². The summed E-state index contributed by atoms with van der Waals surface area (Å²) in [4.78, 5) is 4.33. The maximum Gasteiger partial charge on any atom is 0.0451 e. The molecule has 15 heavy (non-hydrogen) atoms. The highest BCUT2D eigenvalue weighted by Gasteiger charge is 2.05. The average molecular weight is 197 g/mol. The highest BCUT2D eigenvalue weighted by atomic mass is 14.7. The number of aromatic nitrogens is 1. The van der Waals surface area contributed by atoms with Crippen LogP contribution in [0.2, 0.25) is 0 Å². The van der Waals surface area contributed by atoms with Gasteiger partial charge in [-0.2, -0.15) is 0 Å². The molecule has 0 fully saturated rings. The van der Waals surface area contributed by atoms with Gasteiger partial charge in [-0.1, -0.05) is 37.3 Å². The number of pyridine rings is 1. The van der Waals surface area contributed by atoms with Crippen molar-refractivity contribution in [2.75, 3.05) is 0 Å². The average Bonchev–Trinajstić information content (AvgIpc) is 2.30. The van der Waals surface area contributed by atoms with Crippen LogP contribution in [0.3, 0.4) is 0 Å². The van der Waals surface area contributed by atoms with Gasteiger partial charge in [0, 0.05) is 17.5 Å². The molecule has 0 amide bonds. The molecule has 1 nitrogen and oxygen atoms in total. The van der Waals surface area contributed by atoms with E-state index in [4.69, 9.17) is 0 Å². The van der Waals surface area contributed by atoms with Crippen molar-refractivity contribution in [3.05, 3.63) is 53.9 Å². The quantitative estimate of drug-likeness (QED) is 0.716. The predicted octanol–water partition coefficient (Wildman–Crippen LogP) is 3.62. The smallest absolute Gasteiger partial charge is 0.0451 e. The molecule has 1 heteroatoms. The topological polar surface area (TPSA) is 12.9 Å². The lowest BCUT2D eigenvalue weighted by Gasteiger charge is -2.09. The zero-order chi connectivity index (χ0) is 10.7. The first kappa shape index (κ1) is 9.91. The Bertz CT molecular complexity index is 460. The largest absolute Gasteiger partial charge is 0.261 e. The van der Waals surface area contributed by atoms with Gasteiger partial charge in [0.15, 0.2) is 0 Å². The van der Waals surface area contributed by atoms with Crippen LogP contribution in [0.5, 0.6) is 0 Å². The molecular weight excluding hydrogens is 182 g/mol. The fourth-order valence-corrected chi connectivity index (χ4v) is 1.86. The minimum atomic E-state index is 1.06. The molecule has 0 atom stereocenters. The molecule has 1 aromatic carbocycles. The maximum atomic E-state index is 4.33. The second kappa shape index (κ2) is 4.26. The van der Waals surface area contributed by atoms with Gasteiger partial charge < -0.3 is 0 Å². The SMILES string of the molecule is CCc1ccccc1-c1cccnc1C. The second-order valence-corrected chi connectivity index (χ2v) is 3.65. The third-order valence-corrected chi connectivity index (χ3v) is 2.70. The minimum absolute atomic E-state index is 1.06. The van der Waals surface area contributed by atoms with Gasteiger partial charge in [0.05, 0.1) is 0 Å². The molecule has 0 aliphatic carbocycles. The van der Waals surface area contributed by atoms with E-state index >= 15 is 0 Å². The van der Waals surface area contributed by atoms with E-state index in [1.165, 1.54) is 16.7 Å². The molecule has 0 N–H and O–H groups in total. The summed E-state index contributed by atoms with van der Waals surface area (Å²) >= 11 is 0. The summed E-state index contributed by atoms with van der Waals surface area (Å²) in [5.41, 5.74) is 5.03. The normalized spacial score (nSPS) is 10.3. The molecular formula is C14H15N. The van der Waals surface area contributed by atoms with Crippen LogP contribution in [0.25, 0.3) is 11.1 Å². The van der Waals surface area contributed by atoms with Crippen LogP contribution < -0.4 is 0 Å². The molecule has 1 heterocycles. The fraction of sp³-hybridized carbons (Fsp3) is 0.214. The Morgan fingerprint density at radius 1 is 1.00 bits per heavy atom. The van der Waals surface area contributed by atoms with Crippen molar-refractivity contribution in [3.63, 3.8) is 0 Å². The molecule has 2 rings (SSSR count). The Morgan fingerprint density at radius 3 is 2.47 bits per heavy atom. The van der Waals surface area contributed by atoms with E-state index in [9.17, 15) is 0 Å². The highest BCUT2D eigenvalue weighted by Crippen LogP contribution is 2.25. The summed E-state index contributed by atoms with van der Waals surface area (Å²) in [7, 11) is 0. The number of benzene rings is 1. The Morgan fingerprint density at radius 2 is 1.73 bits per heavy atom. The lowest BCUT2D eigenvalue weighted by Crippen LogP contribution is -1.91. The Balaban J connectivity index is 2.59. The van der Waals surface area contributed by atoms with Crippen molar-refractivity contribution in [2.24, 2.45) is 0 Å². The zero-order valence-electron chi connectivity index (χ0n) is 9.20. The molecule has 2 aromatic rings. The van der Waals surface area contributed by atoms with Gasteiger partial charge in [-0.15, -0.1) is 0 Å². The van der Waals surface area contributed by atoms with Crippen LogP contribution in [0, 0.1) is 6.92 Å². The van der Waals surface area contributed by atoms with Gasteiger partial charge in [0.2, 0.25) is 0 Å². The minimum Gasteiger partial charge on any atom is -0.261 e. The number of aryl methyl sites for hydroxylation is 2. The molecule has 0 bridgehead atoms. The van der Waals surface area contributed by atoms with Gasteiger partial charge in [0.1, 0.15) is 0 Å². The van der Waals surface area contributed by atoms with E-state index in [0.717, 1.165) is 12.1 Å². The lowest BCUT2D eigenvalue weighted by molar-refractivity contribution is 1.13. The Hall–Kier alpha value is -1.63. The first-order valence-electron chi connectivity index (χ1n) is 5.33. The molecule has 0 spiro atoms. The van der Waals surface area contributed by atoms with Crippen molar-refractivity contribution in [1.29, 1.82) is 0 Å².